The molecule has 0 aromatic heterocycles. The van der Waals surface area contributed by atoms with E-state index in [1.54, 1.807) is 0 Å². The van der Waals surface area contributed by atoms with Gasteiger partial charge in [0.2, 0.25) is 0 Å². The zero-order chi connectivity index (χ0) is 64.7. The van der Waals surface area contributed by atoms with Crippen molar-refractivity contribution in [2.24, 2.45) is 23.7 Å². The van der Waals surface area contributed by atoms with Crippen molar-refractivity contribution < 1.29 is 80.2 Å². The maximum absolute atomic E-state index is 13.0. The first-order chi connectivity index (χ1) is 41.6. The van der Waals surface area contributed by atoms with E-state index in [2.05, 4.69) is 55.4 Å². The Morgan fingerprint density at radius 2 is 0.552 bits per heavy atom. The van der Waals surface area contributed by atoms with Crippen LogP contribution in [0.4, 0.5) is 0 Å². The summed E-state index contributed by atoms with van der Waals surface area (Å²) in [5.41, 5.74) is 0. The molecule has 0 amide bonds. The molecule has 0 saturated carbocycles. The van der Waals surface area contributed by atoms with E-state index in [1.807, 2.05) is 0 Å². The van der Waals surface area contributed by atoms with Crippen LogP contribution >= 0.6 is 15.6 Å². The second-order valence-corrected chi connectivity index (χ2v) is 29.1. The third kappa shape index (κ3) is 61.3. The topological polar surface area (TPSA) is 237 Å². The summed E-state index contributed by atoms with van der Waals surface area (Å²) in [7, 11) is -9.90. The van der Waals surface area contributed by atoms with Crippen molar-refractivity contribution in [2.45, 2.75) is 350 Å². The van der Waals surface area contributed by atoms with Gasteiger partial charge in [-0.1, -0.05) is 280 Å². The summed E-state index contributed by atoms with van der Waals surface area (Å²) in [6.07, 6.45) is 39.2. The number of hydrogen-bond donors (Lipinski definition) is 3. The Morgan fingerprint density at radius 3 is 0.816 bits per heavy atom. The quantitative estimate of drug-likeness (QED) is 0.0222. The first-order valence-corrected chi connectivity index (χ1v) is 38.2. The van der Waals surface area contributed by atoms with Crippen LogP contribution < -0.4 is 0 Å². The highest BCUT2D eigenvalue weighted by atomic mass is 31.2. The lowest BCUT2D eigenvalue weighted by Gasteiger charge is -2.21. The van der Waals surface area contributed by atoms with Gasteiger partial charge in [0.1, 0.15) is 19.3 Å². The fourth-order valence-electron chi connectivity index (χ4n) is 10.1. The summed E-state index contributed by atoms with van der Waals surface area (Å²) >= 11 is 0. The van der Waals surface area contributed by atoms with Crippen LogP contribution in [-0.4, -0.2) is 96.7 Å². The lowest BCUT2D eigenvalue weighted by atomic mass is 10.00. The number of unbranched alkanes of at least 4 members (excludes halogenated alkanes) is 30. The molecule has 0 saturated heterocycles. The predicted octanol–water partition coefficient (Wildman–Crippen LogP) is 18.9. The van der Waals surface area contributed by atoms with E-state index in [-0.39, 0.29) is 25.7 Å². The highest BCUT2D eigenvalue weighted by Crippen LogP contribution is 2.45. The van der Waals surface area contributed by atoms with Gasteiger partial charge in [-0.15, -0.1) is 0 Å². The molecule has 0 aliphatic rings. The third-order valence-electron chi connectivity index (χ3n) is 15.9. The van der Waals surface area contributed by atoms with E-state index in [9.17, 15) is 43.2 Å². The van der Waals surface area contributed by atoms with Crippen LogP contribution in [0.2, 0.25) is 0 Å². The van der Waals surface area contributed by atoms with E-state index >= 15 is 0 Å². The molecule has 0 heterocycles. The van der Waals surface area contributed by atoms with Gasteiger partial charge in [0.15, 0.2) is 12.2 Å². The Morgan fingerprint density at radius 1 is 0.322 bits per heavy atom. The predicted molar refractivity (Wildman–Crippen MR) is 349 cm³/mol. The monoisotopic (exact) mass is 1280 g/mol. The van der Waals surface area contributed by atoms with Crippen molar-refractivity contribution in [1.29, 1.82) is 0 Å². The highest BCUT2D eigenvalue weighted by Gasteiger charge is 2.30. The van der Waals surface area contributed by atoms with Crippen molar-refractivity contribution in [1.82, 2.24) is 0 Å². The zero-order valence-corrected chi connectivity index (χ0v) is 58.4. The van der Waals surface area contributed by atoms with Crippen LogP contribution in [0, 0.1) is 23.7 Å². The first-order valence-electron chi connectivity index (χ1n) is 35.2. The average Bonchev–Trinajstić information content (AvgIpc) is 3.57. The number of aliphatic hydroxyl groups excluding tert-OH is 1. The summed E-state index contributed by atoms with van der Waals surface area (Å²) in [6.45, 7) is 14.0. The maximum Gasteiger partial charge on any atom is 0.472 e. The summed E-state index contributed by atoms with van der Waals surface area (Å²) in [4.78, 5) is 72.4. The molecule has 0 aromatic rings. The third-order valence-corrected chi connectivity index (χ3v) is 17.8. The molecule has 6 atom stereocenters. The molecule has 3 N–H and O–H groups in total. The van der Waals surface area contributed by atoms with Gasteiger partial charge in [-0.25, -0.2) is 9.13 Å². The Balaban J connectivity index is 5.21. The minimum atomic E-state index is -4.95. The molecule has 3 unspecified atom stereocenters. The summed E-state index contributed by atoms with van der Waals surface area (Å²) in [6, 6.07) is 0. The van der Waals surface area contributed by atoms with Gasteiger partial charge >= 0.3 is 39.5 Å². The molecule has 0 spiro atoms. The van der Waals surface area contributed by atoms with Crippen molar-refractivity contribution in [3.05, 3.63) is 0 Å². The Hall–Kier alpha value is -1.94. The van der Waals surface area contributed by atoms with E-state index in [0.29, 0.717) is 31.6 Å². The Labute approximate surface area is 530 Å². The molecule has 17 nitrogen and oxygen atoms in total. The van der Waals surface area contributed by atoms with Crippen molar-refractivity contribution in [2.75, 3.05) is 39.6 Å². The van der Waals surface area contributed by atoms with Gasteiger partial charge in [0.25, 0.3) is 0 Å². The first kappa shape index (κ1) is 85.1. The van der Waals surface area contributed by atoms with Crippen LogP contribution in [0.3, 0.4) is 0 Å². The summed E-state index contributed by atoms with van der Waals surface area (Å²) in [5, 5.41) is 10.6. The van der Waals surface area contributed by atoms with Crippen molar-refractivity contribution in [3.8, 4) is 0 Å². The molecule has 87 heavy (non-hydrogen) atoms. The summed E-state index contributed by atoms with van der Waals surface area (Å²) < 4.78 is 68.1. The molecule has 0 bridgehead atoms. The van der Waals surface area contributed by atoms with E-state index < -0.39 is 97.5 Å². The van der Waals surface area contributed by atoms with Gasteiger partial charge in [-0.3, -0.25) is 37.3 Å². The lowest BCUT2D eigenvalue weighted by molar-refractivity contribution is -0.161. The molecule has 0 radical (unpaired) electrons. The van der Waals surface area contributed by atoms with Gasteiger partial charge in [-0.2, -0.15) is 0 Å². The molecular formula is C68H132O17P2. The Kier molecular flexibility index (Phi) is 56.6. The smallest absolute Gasteiger partial charge is 0.462 e. The number of esters is 4. The van der Waals surface area contributed by atoms with Gasteiger partial charge in [-0.05, 0) is 49.4 Å². The van der Waals surface area contributed by atoms with E-state index in [0.717, 1.165) is 114 Å². The minimum absolute atomic E-state index is 0.101. The van der Waals surface area contributed by atoms with Crippen LogP contribution in [0.25, 0.3) is 0 Å². The van der Waals surface area contributed by atoms with Gasteiger partial charge < -0.3 is 33.8 Å². The maximum atomic E-state index is 13.0. The largest absolute Gasteiger partial charge is 0.472 e. The molecule has 0 rings (SSSR count). The molecule has 19 heteroatoms. The molecule has 516 valence electrons. The number of phosphoric acid groups is 2. The molecule has 0 aliphatic heterocycles. The van der Waals surface area contributed by atoms with Crippen LogP contribution in [-0.2, 0) is 65.4 Å². The number of phosphoric ester groups is 2. The van der Waals surface area contributed by atoms with Crippen LogP contribution in [0.1, 0.15) is 331 Å². The average molecular weight is 1280 g/mol. The van der Waals surface area contributed by atoms with Crippen molar-refractivity contribution in [3.63, 3.8) is 0 Å². The molecular weight excluding hydrogens is 1150 g/mol. The van der Waals surface area contributed by atoms with Crippen LogP contribution in [0.5, 0.6) is 0 Å². The van der Waals surface area contributed by atoms with E-state index in [4.69, 9.17) is 37.0 Å². The van der Waals surface area contributed by atoms with Crippen molar-refractivity contribution >= 4 is 39.5 Å². The molecule has 0 aromatic carbocycles. The number of hydrogen-bond acceptors (Lipinski definition) is 15. The molecule has 0 fully saturated rings. The minimum Gasteiger partial charge on any atom is -0.462 e. The lowest BCUT2D eigenvalue weighted by Crippen LogP contribution is -2.30. The van der Waals surface area contributed by atoms with Gasteiger partial charge in [0.05, 0.1) is 26.4 Å². The molecule has 0 aliphatic carbocycles. The normalized spacial score (nSPS) is 14.6. The second-order valence-electron chi connectivity index (χ2n) is 26.2. The van der Waals surface area contributed by atoms with E-state index in [1.165, 1.54) is 128 Å². The number of carbonyl (C=O) groups excluding carboxylic acids is 4. The second kappa shape index (κ2) is 57.9. The SMILES string of the molecule is CCC(C)CCCCCCCCC(=O)OC[C@H](COP(=O)(O)OC[C@H](O)COP(=O)(O)OC[C@@H](COC(=O)CCCCCCCCCCC(C)C)OC(=O)CCCCCCCCC(C)C)OC(=O)CCCCCCCCCCCCCCCCC(C)C. The number of aliphatic hydroxyl groups is 1. The number of carbonyl (C=O) groups is 4. The fraction of sp³-hybridized carbons (Fsp3) is 0.941. The number of ether oxygens (including phenoxy) is 4. The standard InChI is InChI=1S/C68H132O17P2/c1-9-61(8)47-39-31-25-27-33-41-49-66(71)79-55-63(84-67(72)50-42-34-23-17-15-13-11-10-12-14-16-20-28-36-44-58(2)3)56-82-86(74,75)80-52-62(69)53-81-87(76,77)83-57-64(85-68(73)51-43-35-26-24-30-38-46-60(6)7)54-78-65(70)48-40-32-22-19-18-21-29-37-45-59(4)5/h58-64,69H,9-57H2,1-8H3,(H,74,75)(H,76,77)/t61?,62-,63+,64+/m0/s1. The Bertz CT molecular complexity index is 1730. The number of rotatable bonds is 65. The highest BCUT2D eigenvalue weighted by molar-refractivity contribution is 7.47. The zero-order valence-electron chi connectivity index (χ0n) is 56.6. The summed E-state index contributed by atoms with van der Waals surface area (Å²) in [5.74, 6) is 0.784. The van der Waals surface area contributed by atoms with Crippen LogP contribution in [0.15, 0.2) is 0 Å². The fourth-order valence-corrected chi connectivity index (χ4v) is 11.7. The van der Waals surface area contributed by atoms with Gasteiger partial charge in [0, 0.05) is 25.7 Å².